The molecule has 2 N–H and O–H groups in total. The molecule has 5 nitrogen and oxygen atoms in total. The zero-order valence-electron chi connectivity index (χ0n) is 12.8. The number of likely N-dealkylation sites (tertiary alicyclic amines) is 1. The number of anilines is 2. The predicted octanol–water partition coefficient (Wildman–Crippen LogP) is 3.79. The number of hydrogen-bond donors (Lipinski definition) is 2. The van der Waals surface area contributed by atoms with Crippen molar-refractivity contribution in [2.75, 3.05) is 18.4 Å². The lowest BCUT2D eigenvalue weighted by molar-refractivity contribution is 0.0516. The second kappa shape index (κ2) is 7.27. The van der Waals surface area contributed by atoms with Crippen LogP contribution in [0.5, 0.6) is 0 Å². The number of β-amino-alcohol motifs (C(OH)–C–C–N with tert-alkyl or cyclic N) is 1. The first-order chi connectivity index (χ1) is 11.0. The molecular formula is C15H19ClN4OS2. The summed E-state index contributed by atoms with van der Waals surface area (Å²) in [6.45, 7) is 4.23. The molecular weight excluding hydrogens is 352 g/mol. The molecule has 3 rings (SSSR count). The summed E-state index contributed by atoms with van der Waals surface area (Å²) in [4.78, 5) is 2.18. The van der Waals surface area contributed by atoms with Crippen LogP contribution < -0.4 is 5.32 Å². The highest BCUT2D eigenvalue weighted by Gasteiger charge is 2.18. The van der Waals surface area contributed by atoms with Crippen LogP contribution in [0.15, 0.2) is 18.2 Å². The molecule has 0 radical (unpaired) electrons. The first-order valence-electron chi connectivity index (χ1n) is 7.53. The fraction of sp³-hybridized carbons (Fsp3) is 0.467. The highest BCUT2D eigenvalue weighted by molar-refractivity contribution is 7.73. The van der Waals surface area contributed by atoms with Crippen LogP contribution >= 0.6 is 35.2 Å². The number of nitrogens with zero attached hydrogens (tertiary/aromatic N) is 3. The fourth-order valence-electron chi connectivity index (χ4n) is 2.59. The SMILES string of the molecule is Cc1ccc(Nc2nn(CN3CCCC(O)C3)c(=S)s2)cc1Cl. The molecule has 1 saturated heterocycles. The molecule has 1 unspecified atom stereocenters. The second-order valence-electron chi connectivity index (χ2n) is 5.78. The van der Waals surface area contributed by atoms with Crippen LogP contribution in [0.1, 0.15) is 18.4 Å². The Morgan fingerprint density at radius 2 is 2.35 bits per heavy atom. The summed E-state index contributed by atoms with van der Waals surface area (Å²) in [6, 6.07) is 5.82. The molecule has 23 heavy (non-hydrogen) atoms. The maximum Gasteiger partial charge on any atom is 0.209 e. The summed E-state index contributed by atoms with van der Waals surface area (Å²) in [5.74, 6) is 0. The summed E-state index contributed by atoms with van der Waals surface area (Å²) in [6.07, 6.45) is 1.63. The molecule has 0 saturated carbocycles. The van der Waals surface area contributed by atoms with E-state index in [0.717, 1.165) is 40.8 Å². The van der Waals surface area contributed by atoms with Crippen LogP contribution in [0.4, 0.5) is 10.8 Å². The summed E-state index contributed by atoms with van der Waals surface area (Å²) in [7, 11) is 0. The third-order valence-corrected chi connectivity index (χ3v) is 5.47. The first kappa shape index (κ1) is 16.9. The molecule has 1 aliphatic rings. The molecule has 1 fully saturated rings. The first-order valence-corrected chi connectivity index (χ1v) is 9.13. The maximum absolute atomic E-state index is 9.76. The van der Waals surface area contributed by atoms with Gasteiger partial charge in [0.25, 0.3) is 0 Å². The molecule has 0 spiro atoms. The number of aromatic nitrogens is 2. The number of aliphatic hydroxyl groups is 1. The number of benzene rings is 1. The van der Waals surface area contributed by atoms with Gasteiger partial charge in [0.2, 0.25) is 5.13 Å². The van der Waals surface area contributed by atoms with E-state index in [9.17, 15) is 5.11 Å². The van der Waals surface area contributed by atoms with Gasteiger partial charge in [0.1, 0.15) is 0 Å². The summed E-state index contributed by atoms with van der Waals surface area (Å²) in [5.41, 5.74) is 1.93. The van der Waals surface area contributed by atoms with Gasteiger partial charge in [0, 0.05) is 23.8 Å². The standard InChI is InChI=1S/C15H19ClN4OS2/c1-10-4-5-11(7-13(10)16)17-14-18-20(15(22)23-14)9-19-6-2-3-12(21)8-19/h4-5,7,12,21H,2-3,6,8-9H2,1H3,(H,17,18). The Hall–Kier alpha value is -0.990. The third-order valence-electron chi connectivity index (χ3n) is 3.84. The van der Waals surface area contributed by atoms with Gasteiger partial charge in [0.15, 0.2) is 3.95 Å². The van der Waals surface area contributed by atoms with E-state index in [4.69, 9.17) is 23.8 Å². The molecule has 0 amide bonds. The number of piperidine rings is 1. The number of aryl methyl sites for hydroxylation is 1. The van der Waals surface area contributed by atoms with Crippen molar-refractivity contribution in [3.8, 4) is 0 Å². The Morgan fingerprint density at radius 1 is 1.52 bits per heavy atom. The van der Waals surface area contributed by atoms with E-state index in [0.29, 0.717) is 17.2 Å². The molecule has 0 bridgehead atoms. The smallest absolute Gasteiger partial charge is 0.209 e. The molecule has 0 aliphatic carbocycles. The van der Waals surface area contributed by atoms with Crippen molar-refractivity contribution in [1.29, 1.82) is 0 Å². The van der Waals surface area contributed by atoms with Gasteiger partial charge in [-0.1, -0.05) is 29.0 Å². The van der Waals surface area contributed by atoms with Crippen molar-refractivity contribution < 1.29 is 5.11 Å². The van der Waals surface area contributed by atoms with E-state index in [2.05, 4.69) is 15.3 Å². The van der Waals surface area contributed by atoms with E-state index in [1.165, 1.54) is 11.3 Å². The minimum Gasteiger partial charge on any atom is -0.392 e. The van der Waals surface area contributed by atoms with Crippen LogP contribution in [-0.4, -0.2) is 39.0 Å². The van der Waals surface area contributed by atoms with Gasteiger partial charge in [-0.05, 0) is 49.7 Å². The fourth-order valence-corrected chi connectivity index (χ4v) is 3.78. The Bertz CT molecular complexity index is 745. The van der Waals surface area contributed by atoms with Gasteiger partial charge in [0.05, 0.1) is 12.8 Å². The largest absolute Gasteiger partial charge is 0.392 e. The van der Waals surface area contributed by atoms with E-state index >= 15 is 0 Å². The summed E-state index contributed by atoms with van der Waals surface area (Å²) >= 11 is 13.0. The lowest BCUT2D eigenvalue weighted by atomic mass is 10.1. The number of rotatable bonds is 4. The molecule has 1 aliphatic heterocycles. The topological polar surface area (TPSA) is 53.3 Å². The van der Waals surface area contributed by atoms with Crippen LogP contribution in [-0.2, 0) is 6.67 Å². The Balaban J connectivity index is 1.70. The van der Waals surface area contributed by atoms with Gasteiger partial charge in [-0.3, -0.25) is 4.90 Å². The zero-order valence-corrected chi connectivity index (χ0v) is 15.2. The highest BCUT2D eigenvalue weighted by atomic mass is 35.5. The van der Waals surface area contributed by atoms with Gasteiger partial charge >= 0.3 is 0 Å². The molecule has 124 valence electrons. The van der Waals surface area contributed by atoms with Gasteiger partial charge in [-0.15, -0.1) is 5.10 Å². The monoisotopic (exact) mass is 370 g/mol. The number of aliphatic hydroxyl groups excluding tert-OH is 1. The Labute approximate surface area is 149 Å². The predicted molar refractivity (Wildman–Crippen MR) is 97.2 cm³/mol. The minimum atomic E-state index is -0.246. The van der Waals surface area contributed by atoms with E-state index in [1.807, 2.05) is 25.1 Å². The molecule has 1 aromatic carbocycles. The van der Waals surface area contributed by atoms with Gasteiger partial charge in [-0.25, -0.2) is 4.68 Å². The van der Waals surface area contributed by atoms with E-state index in [-0.39, 0.29) is 6.10 Å². The summed E-state index contributed by atoms with van der Waals surface area (Å²) < 4.78 is 2.52. The van der Waals surface area contributed by atoms with Crippen molar-refractivity contribution in [2.24, 2.45) is 0 Å². The third kappa shape index (κ3) is 4.30. The van der Waals surface area contributed by atoms with Crippen LogP contribution in [0.2, 0.25) is 5.02 Å². The van der Waals surface area contributed by atoms with Crippen LogP contribution in [0.25, 0.3) is 0 Å². The molecule has 8 heteroatoms. The van der Waals surface area contributed by atoms with Crippen molar-refractivity contribution >= 4 is 46.0 Å². The second-order valence-corrected chi connectivity index (χ2v) is 7.81. The number of nitrogens with one attached hydrogen (secondary N) is 1. The van der Waals surface area contributed by atoms with Gasteiger partial charge < -0.3 is 10.4 Å². The summed E-state index contributed by atoms with van der Waals surface area (Å²) in [5, 5.41) is 19.0. The molecule has 1 aromatic heterocycles. The number of hydrogen-bond acceptors (Lipinski definition) is 6. The maximum atomic E-state index is 9.76. The van der Waals surface area contributed by atoms with Gasteiger partial charge in [-0.2, -0.15) is 0 Å². The van der Waals surface area contributed by atoms with Crippen molar-refractivity contribution in [1.82, 2.24) is 14.7 Å². The lowest BCUT2D eigenvalue weighted by Crippen LogP contribution is -2.39. The quantitative estimate of drug-likeness (QED) is 0.802. The minimum absolute atomic E-state index is 0.246. The van der Waals surface area contributed by atoms with Crippen LogP contribution in [0.3, 0.4) is 0 Å². The average molecular weight is 371 g/mol. The highest BCUT2D eigenvalue weighted by Crippen LogP contribution is 2.25. The van der Waals surface area contributed by atoms with Crippen molar-refractivity contribution in [2.45, 2.75) is 32.5 Å². The van der Waals surface area contributed by atoms with E-state index < -0.39 is 0 Å². The Kier molecular flexibility index (Phi) is 5.33. The average Bonchev–Trinajstić information content (AvgIpc) is 2.83. The molecule has 1 atom stereocenters. The normalized spacial score (nSPS) is 19.0. The number of halogens is 1. The lowest BCUT2D eigenvalue weighted by Gasteiger charge is -2.29. The van der Waals surface area contributed by atoms with E-state index in [1.54, 1.807) is 4.68 Å². The zero-order chi connectivity index (χ0) is 16.4. The Morgan fingerprint density at radius 3 is 3.09 bits per heavy atom. The van der Waals surface area contributed by atoms with Crippen molar-refractivity contribution in [3.63, 3.8) is 0 Å². The molecule has 2 heterocycles. The van der Waals surface area contributed by atoms with Crippen molar-refractivity contribution in [3.05, 3.63) is 32.7 Å². The molecule has 2 aromatic rings. The van der Waals surface area contributed by atoms with Crippen LogP contribution in [0, 0.1) is 10.9 Å².